The van der Waals surface area contributed by atoms with Gasteiger partial charge in [0.05, 0.1) is 17.6 Å². The van der Waals surface area contributed by atoms with E-state index in [2.05, 4.69) is 5.32 Å². The molecule has 0 amide bonds. The number of hydrogen-bond acceptors (Lipinski definition) is 5. The van der Waals surface area contributed by atoms with Crippen LogP contribution in [0.3, 0.4) is 0 Å². The zero-order valence-corrected chi connectivity index (χ0v) is 12.6. The second-order valence-electron chi connectivity index (χ2n) is 5.42. The molecule has 0 spiro atoms. The van der Waals surface area contributed by atoms with Crippen LogP contribution in [0.2, 0.25) is 0 Å². The molecule has 1 aliphatic heterocycles. The Morgan fingerprint density at radius 2 is 2.09 bits per heavy atom. The van der Waals surface area contributed by atoms with Crippen molar-refractivity contribution in [1.29, 1.82) is 0 Å². The predicted octanol–water partition coefficient (Wildman–Crippen LogP) is 3.73. The first-order valence-electron chi connectivity index (χ1n) is 7.34. The monoisotopic (exact) mass is 312 g/mol. The first-order chi connectivity index (χ1) is 11.1. The molecular formula is C17H16N2O4. The quantitative estimate of drug-likeness (QED) is 0.528. The molecule has 6 heteroatoms. The molecule has 0 bridgehead atoms. The second-order valence-corrected chi connectivity index (χ2v) is 5.42. The highest BCUT2D eigenvalue weighted by Crippen LogP contribution is 2.36. The van der Waals surface area contributed by atoms with Gasteiger partial charge in [0, 0.05) is 23.6 Å². The number of para-hydroxylation sites is 1. The minimum absolute atomic E-state index is 0.0678. The SMILES string of the molecule is CC(=O)c1ccc(N[C@@H]2CCOc3ccccc32)c([N+](=O)[O-])c1. The van der Waals surface area contributed by atoms with Gasteiger partial charge in [-0.3, -0.25) is 14.9 Å². The van der Waals surface area contributed by atoms with Crippen molar-refractivity contribution in [1.82, 2.24) is 0 Å². The molecule has 118 valence electrons. The summed E-state index contributed by atoms with van der Waals surface area (Å²) in [6, 6.07) is 12.1. The molecule has 1 aliphatic rings. The molecule has 23 heavy (non-hydrogen) atoms. The lowest BCUT2D eigenvalue weighted by atomic mass is 10.00. The molecule has 0 radical (unpaired) electrons. The third-order valence-corrected chi connectivity index (χ3v) is 3.89. The van der Waals surface area contributed by atoms with Crippen molar-refractivity contribution in [2.45, 2.75) is 19.4 Å². The van der Waals surface area contributed by atoms with Crippen molar-refractivity contribution in [3.63, 3.8) is 0 Å². The van der Waals surface area contributed by atoms with Gasteiger partial charge in [-0.05, 0) is 25.1 Å². The van der Waals surface area contributed by atoms with Crippen molar-refractivity contribution in [2.75, 3.05) is 11.9 Å². The number of nitro benzene ring substituents is 1. The lowest BCUT2D eigenvalue weighted by Gasteiger charge is -2.27. The van der Waals surface area contributed by atoms with Crippen LogP contribution in [0.4, 0.5) is 11.4 Å². The Morgan fingerprint density at radius 1 is 1.30 bits per heavy atom. The molecule has 0 aliphatic carbocycles. The van der Waals surface area contributed by atoms with Crippen LogP contribution < -0.4 is 10.1 Å². The van der Waals surface area contributed by atoms with E-state index in [0.717, 1.165) is 11.3 Å². The number of carbonyl (C=O) groups is 1. The number of rotatable bonds is 4. The van der Waals surface area contributed by atoms with E-state index in [1.54, 1.807) is 12.1 Å². The van der Waals surface area contributed by atoms with Gasteiger partial charge < -0.3 is 10.1 Å². The first kappa shape index (κ1) is 15.0. The van der Waals surface area contributed by atoms with Gasteiger partial charge in [-0.2, -0.15) is 0 Å². The minimum Gasteiger partial charge on any atom is -0.493 e. The highest BCUT2D eigenvalue weighted by molar-refractivity contribution is 5.95. The van der Waals surface area contributed by atoms with Crippen LogP contribution in [0.25, 0.3) is 0 Å². The molecule has 0 fully saturated rings. The Kier molecular flexibility index (Phi) is 3.97. The summed E-state index contributed by atoms with van der Waals surface area (Å²) in [6.07, 6.45) is 0.711. The van der Waals surface area contributed by atoms with Crippen LogP contribution >= 0.6 is 0 Å². The average Bonchev–Trinajstić information content (AvgIpc) is 2.55. The van der Waals surface area contributed by atoms with Crippen molar-refractivity contribution >= 4 is 17.2 Å². The Morgan fingerprint density at radius 3 is 2.83 bits per heavy atom. The van der Waals surface area contributed by atoms with E-state index in [0.29, 0.717) is 24.3 Å². The van der Waals surface area contributed by atoms with Gasteiger partial charge in [-0.1, -0.05) is 18.2 Å². The average molecular weight is 312 g/mol. The Labute approximate surface area is 133 Å². The lowest BCUT2D eigenvalue weighted by Crippen LogP contribution is -2.20. The van der Waals surface area contributed by atoms with Gasteiger partial charge in [0.15, 0.2) is 5.78 Å². The lowest BCUT2D eigenvalue weighted by molar-refractivity contribution is -0.384. The van der Waals surface area contributed by atoms with Gasteiger partial charge in [0.2, 0.25) is 0 Å². The first-order valence-corrected chi connectivity index (χ1v) is 7.34. The number of benzene rings is 2. The molecule has 2 aromatic carbocycles. The standard InChI is InChI=1S/C17H16N2O4/c1-11(20)12-6-7-15(16(10-12)19(21)22)18-14-8-9-23-17-5-3-2-4-13(14)17/h2-7,10,14,18H,8-9H2,1H3/t14-/m1/s1. The minimum atomic E-state index is -0.472. The van der Waals surface area contributed by atoms with Gasteiger partial charge in [-0.25, -0.2) is 0 Å². The number of ether oxygens (including phenoxy) is 1. The number of Topliss-reactive ketones (excluding diaryl/α,β-unsaturated/α-hetero) is 1. The van der Waals surface area contributed by atoms with Crippen molar-refractivity contribution in [3.05, 3.63) is 63.7 Å². The molecular weight excluding hydrogens is 296 g/mol. The molecule has 6 nitrogen and oxygen atoms in total. The predicted molar refractivity (Wildman–Crippen MR) is 86.0 cm³/mol. The Balaban J connectivity index is 1.95. The number of ketones is 1. The van der Waals surface area contributed by atoms with Gasteiger partial charge in [0.1, 0.15) is 11.4 Å². The van der Waals surface area contributed by atoms with Crippen LogP contribution in [0.15, 0.2) is 42.5 Å². The highest BCUT2D eigenvalue weighted by atomic mass is 16.6. The largest absolute Gasteiger partial charge is 0.493 e. The molecule has 0 saturated carbocycles. The Bertz CT molecular complexity index is 773. The molecule has 0 unspecified atom stereocenters. The summed E-state index contributed by atoms with van der Waals surface area (Å²) in [5.41, 5.74) is 1.61. The summed E-state index contributed by atoms with van der Waals surface area (Å²) in [5.74, 6) is 0.593. The normalized spacial score (nSPS) is 16.1. The fourth-order valence-corrected chi connectivity index (χ4v) is 2.70. The summed E-state index contributed by atoms with van der Waals surface area (Å²) >= 11 is 0. The zero-order chi connectivity index (χ0) is 16.4. The fraction of sp³-hybridized carbons (Fsp3) is 0.235. The smallest absolute Gasteiger partial charge is 0.293 e. The molecule has 1 heterocycles. The van der Waals surface area contributed by atoms with E-state index in [4.69, 9.17) is 4.74 Å². The van der Waals surface area contributed by atoms with E-state index < -0.39 is 4.92 Å². The third-order valence-electron chi connectivity index (χ3n) is 3.89. The van der Waals surface area contributed by atoms with Gasteiger partial charge in [0.25, 0.3) is 5.69 Å². The third kappa shape index (κ3) is 3.01. The summed E-state index contributed by atoms with van der Waals surface area (Å²) < 4.78 is 5.60. The summed E-state index contributed by atoms with van der Waals surface area (Å²) in [4.78, 5) is 22.3. The van der Waals surface area contributed by atoms with Crippen molar-refractivity contribution in [3.8, 4) is 5.75 Å². The second kappa shape index (κ2) is 6.08. The number of carbonyl (C=O) groups excluding carboxylic acids is 1. The summed E-state index contributed by atoms with van der Waals surface area (Å²) in [6.45, 7) is 1.94. The molecule has 2 aromatic rings. The van der Waals surface area contributed by atoms with E-state index in [1.807, 2.05) is 24.3 Å². The van der Waals surface area contributed by atoms with Gasteiger partial charge >= 0.3 is 0 Å². The summed E-state index contributed by atoms with van der Waals surface area (Å²) in [5, 5.41) is 14.5. The van der Waals surface area contributed by atoms with Crippen LogP contribution in [-0.4, -0.2) is 17.3 Å². The number of anilines is 1. The zero-order valence-electron chi connectivity index (χ0n) is 12.6. The van der Waals surface area contributed by atoms with Crippen LogP contribution in [0.5, 0.6) is 5.75 Å². The number of nitrogens with one attached hydrogen (secondary N) is 1. The van der Waals surface area contributed by atoms with Crippen LogP contribution in [0.1, 0.15) is 35.3 Å². The number of fused-ring (bicyclic) bond motifs is 1. The molecule has 0 aromatic heterocycles. The Hall–Kier alpha value is -2.89. The maximum absolute atomic E-state index is 11.4. The molecule has 1 atom stereocenters. The molecule has 3 rings (SSSR count). The maximum atomic E-state index is 11.4. The van der Waals surface area contributed by atoms with Crippen LogP contribution in [0, 0.1) is 10.1 Å². The molecule has 1 N–H and O–H groups in total. The van der Waals surface area contributed by atoms with Crippen molar-refractivity contribution in [2.24, 2.45) is 0 Å². The van der Waals surface area contributed by atoms with Crippen LogP contribution in [-0.2, 0) is 0 Å². The number of hydrogen-bond donors (Lipinski definition) is 1. The maximum Gasteiger partial charge on any atom is 0.293 e. The van der Waals surface area contributed by atoms with Gasteiger partial charge in [-0.15, -0.1) is 0 Å². The number of nitro groups is 1. The van der Waals surface area contributed by atoms with E-state index >= 15 is 0 Å². The summed E-state index contributed by atoms with van der Waals surface area (Å²) in [7, 11) is 0. The topological polar surface area (TPSA) is 81.5 Å². The van der Waals surface area contributed by atoms with E-state index in [1.165, 1.54) is 13.0 Å². The fourth-order valence-electron chi connectivity index (χ4n) is 2.70. The van der Waals surface area contributed by atoms with Crippen molar-refractivity contribution < 1.29 is 14.5 Å². The highest BCUT2D eigenvalue weighted by Gasteiger charge is 2.24. The van der Waals surface area contributed by atoms with E-state index in [-0.39, 0.29) is 17.5 Å². The van der Waals surface area contributed by atoms with E-state index in [9.17, 15) is 14.9 Å². The molecule has 0 saturated heterocycles. The number of nitrogens with zero attached hydrogens (tertiary/aromatic N) is 1.